The second-order valence-electron chi connectivity index (χ2n) is 4.91. The molecule has 0 spiro atoms. The molecule has 0 unspecified atom stereocenters. The normalized spacial score (nSPS) is 15.6. The van der Waals surface area contributed by atoms with Gasteiger partial charge in [0.2, 0.25) is 5.91 Å². The van der Waals surface area contributed by atoms with Gasteiger partial charge >= 0.3 is 0 Å². The second-order valence-corrected chi connectivity index (χ2v) is 4.91. The van der Waals surface area contributed by atoms with E-state index < -0.39 is 0 Å². The maximum absolute atomic E-state index is 12.3. The third-order valence-electron chi connectivity index (χ3n) is 3.53. The van der Waals surface area contributed by atoms with Gasteiger partial charge in [-0.2, -0.15) is 0 Å². The molecule has 1 saturated heterocycles. The van der Waals surface area contributed by atoms with Crippen LogP contribution < -0.4 is 0 Å². The molecule has 0 atom stereocenters. The number of aromatic nitrogens is 2. The molecule has 5 heteroatoms. The van der Waals surface area contributed by atoms with Crippen molar-refractivity contribution in [2.75, 3.05) is 26.3 Å². The predicted octanol–water partition coefficient (Wildman–Crippen LogP) is 1.34. The third kappa shape index (κ3) is 2.63. The number of nitrogens with zero attached hydrogens (tertiary/aromatic N) is 3. The fourth-order valence-electron chi connectivity index (χ4n) is 2.36. The molecule has 2 heterocycles. The smallest absolute Gasteiger partial charge is 0.228 e. The zero-order chi connectivity index (χ0) is 13.9. The van der Waals surface area contributed by atoms with Gasteiger partial charge in [0, 0.05) is 13.1 Å². The van der Waals surface area contributed by atoms with E-state index in [-0.39, 0.29) is 5.91 Å². The van der Waals surface area contributed by atoms with Crippen molar-refractivity contribution in [1.82, 2.24) is 14.9 Å². The summed E-state index contributed by atoms with van der Waals surface area (Å²) in [5.74, 6) is 0.0981. The molecule has 0 aliphatic carbocycles. The Bertz CT molecular complexity index is 636. The van der Waals surface area contributed by atoms with Crippen molar-refractivity contribution in [1.29, 1.82) is 0 Å². The summed E-state index contributed by atoms with van der Waals surface area (Å²) in [4.78, 5) is 23.2. The maximum Gasteiger partial charge on any atom is 0.228 e. The lowest BCUT2D eigenvalue weighted by atomic mass is 10.2. The zero-order valence-electron chi connectivity index (χ0n) is 11.5. The Morgan fingerprint density at radius 2 is 1.85 bits per heavy atom. The first-order valence-electron chi connectivity index (χ1n) is 6.82. The minimum absolute atomic E-state index is 0.0981. The Morgan fingerprint density at radius 1 is 1.20 bits per heavy atom. The molecule has 3 rings (SSSR count). The van der Waals surface area contributed by atoms with Crippen molar-refractivity contribution < 1.29 is 9.53 Å². The molecule has 0 radical (unpaired) electrons. The van der Waals surface area contributed by atoms with E-state index in [0.29, 0.717) is 32.7 Å². The molecule has 104 valence electrons. The Balaban J connectivity index is 1.82. The summed E-state index contributed by atoms with van der Waals surface area (Å²) in [6.45, 7) is 4.47. The number of carbonyl (C=O) groups excluding carboxylic acids is 1. The van der Waals surface area contributed by atoms with Crippen LogP contribution in [-0.4, -0.2) is 47.1 Å². The SMILES string of the molecule is Cc1nc2ccccc2nc1CC(=O)N1CCOCC1. The number of para-hydroxylation sites is 2. The van der Waals surface area contributed by atoms with E-state index in [1.807, 2.05) is 36.1 Å². The number of aryl methyl sites for hydroxylation is 1. The standard InChI is InChI=1S/C15H17N3O2/c1-11-14(10-15(19)18-6-8-20-9-7-18)17-13-5-3-2-4-12(13)16-11/h2-5H,6-10H2,1H3. The predicted molar refractivity (Wildman–Crippen MR) is 75.4 cm³/mol. The van der Waals surface area contributed by atoms with E-state index in [4.69, 9.17) is 4.74 Å². The number of fused-ring (bicyclic) bond motifs is 1. The van der Waals surface area contributed by atoms with Crippen LogP contribution in [-0.2, 0) is 16.0 Å². The van der Waals surface area contributed by atoms with Gasteiger partial charge in [-0.15, -0.1) is 0 Å². The van der Waals surface area contributed by atoms with Crippen molar-refractivity contribution in [2.45, 2.75) is 13.3 Å². The van der Waals surface area contributed by atoms with E-state index >= 15 is 0 Å². The molecule has 0 bridgehead atoms. The molecule has 0 saturated carbocycles. The minimum Gasteiger partial charge on any atom is -0.378 e. The van der Waals surface area contributed by atoms with Gasteiger partial charge in [0.25, 0.3) is 0 Å². The Labute approximate surface area is 117 Å². The van der Waals surface area contributed by atoms with Gasteiger partial charge in [-0.3, -0.25) is 4.79 Å². The summed E-state index contributed by atoms with van der Waals surface area (Å²) in [5.41, 5.74) is 3.29. The number of amides is 1. The summed E-state index contributed by atoms with van der Waals surface area (Å²) in [6.07, 6.45) is 0.309. The monoisotopic (exact) mass is 271 g/mol. The van der Waals surface area contributed by atoms with Gasteiger partial charge in [0.1, 0.15) is 0 Å². The van der Waals surface area contributed by atoms with Crippen LogP contribution in [0.4, 0.5) is 0 Å². The first-order chi connectivity index (χ1) is 9.74. The van der Waals surface area contributed by atoms with Crippen LogP contribution in [0.3, 0.4) is 0 Å². The molecular weight excluding hydrogens is 254 g/mol. The molecule has 1 aromatic carbocycles. The topological polar surface area (TPSA) is 55.3 Å². The van der Waals surface area contributed by atoms with E-state index in [0.717, 1.165) is 22.4 Å². The van der Waals surface area contributed by atoms with Gasteiger partial charge in [-0.05, 0) is 19.1 Å². The van der Waals surface area contributed by atoms with Crippen LogP contribution in [0.25, 0.3) is 11.0 Å². The zero-order valence-corrected chi connectivity index (χ0v) is 11.5. The molecule has 1 amide bonds. The molecule has 1 aliphatic rings. The molecule has 2 aromatic rings. The Kier molecular flexibility index (Phi) is 3.60. The number of benzene rings is 1. The number of carbonyl (C=O) groups is 1. The van der Waals surface area contributed by atoms with Gasteiger partial charge < -0.3 is 9.64 Å². The summed E-state index contributed by atoms with van der Waals surface area (Å²) in [6, 6.07) is 7.72. The van der Waals surface area contributed by atoms with E-state index in [9.17, 15) is 4.79 Å². The van der Waals surface area contributed by atoms with Gasteiger partial charge in [-0.1, -0.05) is 12.1 Å². The molecule has 0 N–H and O–H groups in total. The van der Waals surface area contributed by atoms with Gasteiger partial charge in [-0.25, -0.2) is 9.97 Å². The van der Waals surface area contributed by atoms with Crippen LogP contribution in [0.15, 0.2) is 24.3 Å². The molecule has 20 heavy (non-hydrogen) atoms. The Morgan fingerprint density at radius 3 is 2.55 bits per heavy atom. The maximum atomic E-state index is 12.3. The van der Waals surface area contributed by atoms with Crippen LogP contribution in [0, 0.1) is 6.92 Å². The van der Waals surface area contributed by atoms with Crippen molar-refractivity contribution in [3.8, 4) is 0 Å². The molecule has 1 fully saturated rings. The van der Waals surface area contributed by atoms with Crippen LogP contribution in [0.1, 0.15) is 11.4 Å². The summed E-state index contributed by atoms with van der Waals surface area (Å²) in [5, 5.41) is 0. The first kappa shape index (κ1) is 13.0. The quantitative estimate of drug-likeness (QED) is 0.827. The summed E-state index contributed by atoms with van der Waals surface area (Å²) in [7, 11) is 0. The lowest BCUT2D eigenvalue weighted by molar-refractivity contribution is -0.134. The minimum atomic E-state index is 0.0981. The molecule has 1 aliphatic heterocycles. The first-order valence-corrected chi connectivity index (χ1v) is 6.82. The lowest BCUT2D eigenvalue weighted by Crippen LogP contribution is -2.41. The van der Waals surface area contributed by atoms with Gasteiger partial charge in [0.05, 0.1) is 42.1 Å². The highest BCUT2D eigenvalue weighted by molar-refractivity contribution is 5.80. The number of hydrogen-bond donors (Lipinski definition) is 0. The number of morpholine rings is 1. The lowest BCUT2D eigenvalue weighted by Gasteiger charge is -2.26. The van der Waals surface area contributed by atoms with E-state index in [2.05, 4.69) is 9.97 Å². The highest BCUT2D eigenvalue weighted by Crippen LogP contribution is 2.13. The summed E-state index contributed by atoms with van der Waals surface area (Å²) < 4.78 is 5.26. The summed E-state index contributed by atoms with van der Waals surface area (Å²) >= 11 is 0. The second kappa shape index (κ2) is 5.54. The van der Waals surface area contributed by atoms with Crippen molar-refractivity contribution in [3.63, 3.8) is 0 Å². The Hall–Kier alpha value is -2.01. The molecular formula is C15H17N3O2. The van der Waals surface area contributed by atoms with Crippen LogP contribution in [0.2, 0.25) is 0 Å². The van der Waals surface area contributed by atoms with Crippen LogP contribution >= 0.6 is 0 Å². The molecule has 5 nitrogen and oxygen atoms in total. The van der Waals surface area contributed by atoms with Crippen molar-refractivity contribution in [2.24, 2.45) is 0 Å². The van der Waals surface area contributed by atoms with Crippen molar-refractivity contribution in [3.05, 3.63) is 35.7 Å². The third-order valence-corrected chi connectivity index (χ3v) is 3.53. The fraction of sp³-hybridized carbons (Fsp3) is 0.400. The van der Waals surface area contributed by atoms with Crippen molar-refractivity contribution >= 4 is 16.9 Å². The van der Waals surface area contributed by atoms with Crippen LogP contribution in [0.5, 0.6) is 0 Å². The largest absolute Gasteiger partial charge is 0.378 e. The number of hydrogen-bond acceptors (Lipinski definition) is 4. The van der Waals surface area contributed by atoms with E-state index in [1.165, 1.54) is 0 Å². The average Bonchev–Trinajstić information content (AvgIpc) is 2.49. The average molecular weight is 271 g/mol. The molecule has 1 aromatic heterocycles. The number of rotatable bonds is 2. The highest BCUT2D eigenvalue weighted by Gasteiger charge is 2.19. The van der Waals surface area contributed by atoms with Gasteiger partial charge in [0.15, 0.2) is 0 Å². The fourth-order valence-corrected chi connectivity index (χ4v) is 2.36. The number of ether oxygens (including phenoxy) is 1. The van der Waals surface area contributed by atoms with E-state index in [1.54, 1.807) is 0 Å². The highest BCUT2D eigenvalue weighted by atomic mass is 16.5.